The van der Waals surface area contributed by atoms with E-state index in [2.05, 4.69) is 52.7 Å². The van der Waals surface area contributed by atoms with Crippen molar-refractivity contribution in [2.75, 3.05) is 0 Å². The second kappa shape index (κ2) is 6.31. The first-order chi connectivity index (χ1) is 8.74. The van der Waals surface area contributed by atoms with Crippen LogP contribution in [0.3, 0.4) is 0 Å². The van der Waals surface area contributed by atoms with E-state index in [0.29, 0.717) is 6.04 Å². The van der Waals surface area contributed by atoms with Gasteiger partial charge in [0.1, 0.15) is 6.33 Å². The Balaban J connectivity index is 1.71. The minimum Gasteiger partial charge on any atom is -0.307 e. The topological polar surface area (TPSA) is 42.7 Å². The van der Waals surface area contributed by atoms with Crippen LogP contribution in [-0.4, -0.2) is 20.8 Å². The van der Waals surface area contributed by atoms with Crippen molar-refractivity contribution in [2.45, 2.75) is 32.4 Å². The molecule has 0 radical (unpaired) electrons. The van der Waals surface area contributed by atoms with Crippen LogP contribution in [0.15, 0.2) is 36.7 Å². The molecule has 1 aromatic heterocycles. The van der Waals surface area contributed by atoms with E-state index < -0.39 is 0 Å². The fourth-order valence-electron chi connectivity index (χ4n) is 1.86. The number of aryl methyl sites for hydroxylation is 2. The maximum Gasteiger partial charge on any atom is 0.164 e. The van der Waals surface area contributed by atoms with Crippen LogP contribution in [0.5, 0.6) is 0 Å². The number of aromatic nitrogens is 3. The summed E-state index contributed by atoms with van der Waals surface area (Å²) in [5.41, 5.74) is 1.39. The Morgan fingerprint density at radius 3 is 2.72 bits per heavy atom. The maximum absolute atomic E-state index is 4.24. The fourth-order valence-corrected chi connectivity index (χ4v) is 1.86. The minimum absolute atomic E-state index is 0.467. The van der Waals surface area contributed by atoms with Gasteiger partial charge in [-0.15, -0.1) is 0 Å². The molecule has 0 saturated heterocycles. The predicted molar refractivity (Wildman–Crippen MR) is 72.1 cm³/mol. The molecular weight excluding hydrogens is 224 g/mol. The van der Waals surface area contributed by atoms with Gasteiger partial charge in [0, 0.05) is 13.1 Å². The predicted octanol–water partition coefficient (Wildman–Crippen LogP) is 1.93. The molecule has 2 aromatic rings. The molecule has 0 bridgehead atoms. The Morgan fingerprint density at radius 1 is 1.28 bits per heavy atom. The third-order valence-electron chi connectivity index (χ3n) is 2.96. The van der Waals surface area contributed by atoms with Crippen molar-refractivity contribution in [1.29, 1.82) is 0 Å². The third-order valence-corrected chi connectivity index (χ3v) is 2.96. The van der Waals surface area contributed by atoms with Crippen LogP contribution < -0.4 is 5.32 Å². The Morgan fingerprint density at radius 2 is 2.06 bits per heavy atom. The molecular formula is C14H20N4. The average Bonchev–Trinajstić information content (AvgIpc) is 2.81. The Kier molecular flexibility index (Phi) is 4.47. The molecule has 4 heteroatoms. The van der Waals surface area contributed by atoms with Gasteiger partial charge in [-0.1, -0.05) is 30.3 Å². The number of hydrogen-bond acceptors (Lipinski definition) is 3. The molecule has 0 aliphatic heterocycles. The van der Waals surface area contributed by atoms with Crippen molar-refractivity contribution in [3.05, 3.63) is 48.0 Å². The van der Waals surface area contributed by atoms with Gasteiger partial charge in [0.25, 0.3) is 0 Å². The fraction of sp³-hybridized carbons (Fsp3) is 0.429. The molecule has 0 amide bonds. The van der Waals surface area contributed by atoms with Gasteiger partial charge in [-0.25, -0.2) is 4.98 Å². The highest BCUT2D eigenvalue weighted by molar-refractivity contribution is 5.14. The largest absolute Gasteiger partial charge is 0.307 e. The zero-order chi connectivity index (χ0) is 12.8. The summed E-state index contributed by atoms with van der Waals surface area (Å²) < 4.78 is 1.73. The van der Waals surface area contributed by atoms with Gasteiger partial charge in [-0.3, -0.25) is 4.68 Å². The summed E-state index contributed by atoms with van der Waals surface area (Å²) in [6.45, 7) is 2.93. The van der Waals surface area contributed by atoms with Gasteiger partial charge in [-0.2, -0.15) is 5.10 Å². The van der Waals surface area contributed by atoms with E-state index in [9.17, 15) is 0 Å². The first kappa shape index (κ1) is 12.8. The summed E-state index contributed by atoms with van der Waals surface area (Å²) in [5, 5.41) is 7.69. The lowest BCUT2D eigenvalue weighted by atomic mass is 10.1. The highest BCUT2D eigenvalue weighted by Crippen LogP contribution is 2.05. The average molecular weight is 244 g/mol. The van der Waals surface area contributed by atoms with Crippen molar-refractivity contribution >= 4 is 0 Å². The lowest BCUT2D eigenvalue weighted by Gasteiger charge is -2.12. The second-order valence-corrected chi connectivity index (χ2v) is 4.64. The van der Waals surface area contributed by atoms with E-state index in [1.165, 1.54) is 5.56 Å². The first-order valence-electron chi connectivity index (χ1n) is 6.36. The summed E-state index contributed by atoms with van der Waals surface area (Å²) >= 11 is 0. The van der Waals surface area contributed by atoms with Crippen molar-refractivity contribution in [2.24, 2.45) is 7.05 Å². The van der Waals surface area contributed by atoms with Crippen LogP contribution in [0.25, 0.3) is 0 Å². The Labute approximate surface area is 108 Å². The van der Waals surface area contributed by atoms with Crippen LogP contribution in [0.2, 0.25) is 0 Å². The Hall–Kier alpha value is -1.68. The van der Waals surface area contributed by atoms with Gasteiger partial charge in [0.2, 0.25) is 0 Å². The summed E-state index contributed by atoms with van der Waals surface area (Å²) in [6, 6.07) is 11.0. The van der Waals surface area contributed by atoms with E-state index >= 15 is 0 Å². The quantitative estimate of drug-likeness (QED) is 0.844. The second-order valence-electron chi connectivity index (χ2n) is 4.64. The summed E-state index contributed by atoms with van der Waals surface area (Å²) in [6.07, 6.45) is 3.95. The molecule has 0 spiro atoms. The van der Waals surface area contributed by atoms with Crippen molar-refractivity contribution in [3.63, 3.8) is 0 Å². The van der Waals surface area contributed by atoms with Crippen LogP contribution in [-0.2, 0) is 20.0 Å². The van der Waals surface area contributed by atoms with Crippen LogP contribution in [0, 0.1) is 0 Å². The normalized spacial score (nSPS) is 12.6. The number of nitrogens with one attached hydrogen (secondary N) is 1. The number of hydrogen-bond donors (Lipinski definition) is 1. The van der Waals surface area contributed by atoms with Crippen molar-refractivity contribution < 1.29 is 0 Å². The first-order valence-corrected chi connectivity index (χ1v) is 6.36. The van der Waals surface area contributed by atoms with Gasteiger partial charge in [-0.05, 0) is 25.3 Å². The smallest absolute Gasteiger partial charge is 0.164 e. The van der Waals surface area contributed by atoms with Crippen LogP contribution in [0.4, 0.5) is 0 Å². The molecule has 1 heterocycles. The minimum atomic E-state index is 0.467. The molecule has 1 unspecified atom stereocenters. The molecule has 18 heavy (non-hydrogen) atoms. The standard InChI is InChI=1S/C14H20N4/c1-12(8-9-13-6-4-3-5-7-13)15-10-14-16-11-18(2)17-14/h3-7,11-12,15H,8-10H2,1-2H3. The SMILES string of the molecule is CC(CCc1ccccc1)NCc1ncn(C)n1. The number of nitrogens with zero attached hydrogens (tertiary/aromatic N) is 3. The molecule has 4 nitrogen and oxygen atoms in total. The highest BCUT2D eigenvalue weighted by atomic mass is 15.3. The van der Waals surface area contributed by atoms with Gasteiger partial charge < -0.3 is 5.32 Å². The summed E-state index contributed by atoms with van der Waals surface area (Å²) in [5.74, 6) is 0.851. The van der Waals surface area contributed by atoms with Gasteiger partial charge in [0.05, 0.1) is 6.54 Å². The summed E-state index contributed by atoms with van der Waals surface area (Å²) in [4.78, 5) is 4.20. The van der Waals surface area contributed by atoms with E-state index in [1.807, 2.05) is 7.05 Å². The lowest BCUT2D eigenvalue weighted by Crippen LogP contribution is -2.26. The number of benzene rings is 1. The molecule has 1 atom stereocenters. The van der Waals surface area contributed by atoms with Gasteiger partial charge in [0.15, 0.2) is 5.82 Å². The van der Waals surface area contributed by atoms with E-state index in [-0.39, 0.29) is 0 Å². The van der Waals surface area contributed by atoms with E-state index in [4.69, 9.17) is 0 Å². The van der Waals surface area contributed by atoms with Crippen molar-refractivity contribution in [1.82, 2.24) is 20.1 Å². The van der Waals surface area contributed by atoms with E-state index in [1.54, 1.807) is 11.0 Å². The Bertz CT molecular complexity index is 464. The highest BCUT2D eigenvalue weighted by Gasteiger charge is 2.04. The zero-order valence-electron chi connectivity index (χ0n) is 11.0. The summed E-state index contributed by atoms with van der Waals surface area (Å²) in [7, 11) is 1.88. The molecule has 1 N–H and O–H groups in total. The van der Waals surface area contributed by atoms with Gasteiger partial charge >= 0.3 is 0 Å². The third kappa shape index (κ3) is 3.96. The zero-order valence-corrected chi connectivity index (χ0v) is 11.0. The van der Waals surface area contributed by atoms with Crippen LogP contribution in [0.1, 0.15) is 24.7 Å². The van der Waals surface area contributed by atoms with Crippen molar-refractivity contribution in [3.8, 4) is 0 Å². The molecule has 0 aliphatic carbocycles. The molecule has 0 aliphatic rings. The number of rotatable bonds is 6. The monoisotopic (exact) mass is 244 g/mol. The molecule has 0 saturated carbocycles. The molecule has 0 fully saturated rings. The van der Waals surface area contributed by atoms with E-state index in [0.717, 1.165) is 25.2 Å². The molecule has 1 aromatic carbocycles. The molecule has 2 rings (SSSR count). The maximum atomic E-state index is 4.24. The van der Waals surface area contributed by atoms with Crippen LogP contribution >= 0.6 is 0 Å². The molecule has 96 valence electrons. The lowest BCUT2D eigenvalue weighted by molar-refractivity contribution is 0.503.